The summed E-state index contributed by atoms with van der Waals surface area (Å²) >= 11 is 12.0. The lowest BCUT2D eigenvalue weighted by Gasteiger charge is -2.39. The van der Waals surface area contributed by atoms with E-state index in [1.165, 1.54) is 0 Å². The van der Waals surface area contributed by atoms with E-state index in [4.69, 9.17) is 42.8 Å². The largest absolute Gasteiger partial charge is 0.493 e. The van der Waals surface area contributed by atoms with Crippen molar-refractivity contribution in [3.63, 3.8) is 0 Å². The van der Waals surface area contributed by atoms with E-state index in [1.54, 1.807) is 45.4 Å². The fraction of sp³-hybridized carbons (Fsp3) is 0.286. The van der Waals surface area contributed by atoms with E-state index in [9.17, 15) is 4.79 Å². The number of hydrogen-bond acceptors (Lipinski definition) is 6. The minimum atomic E-state index is -0.361. The summed E-state index contributed by atoms with van der Waals surface area (Å²) in [5, 5.41) is 4.49. The van der Waals surface area contributed by atoms with Crippen LogP contribution in [0.15, 0.2) is 60.7 Å². The molecule has 0 amide bonds. The topological polar surface area (TPSA) is 69.3 Å². The van der Waals surface area contributed by atoms with Crippen LogP contribution in [0.3, 0.4) is 0 Å². The Morgan fingerprint density at radius 3 is 2.49 bits per heavy atom. The molecule has 1 atom stereocenters. The van der Waals surface area contributed by atoms with Crippen molar-refractivity contribution in [2.24, 2.45) is 0 Å². The zero-order valence-electron chi connectivity index (χ0n) is 21.0. The van der Waals surface area contributed by atoms with Crippen molar-refractivity contribution in [3.8, 4) is 17.2 Å². The Bertz CT molecular complexity index is 1270. The molecule has 3 aromatic rings. The monoisotopic (exact) mass is 540 g/mol. The molecule has 4 rings (SSSR count). The maximum atomic E-state index is 12.0. The van der Waals surface area contributed by atoms with E-state index in [1.807, 2.05) is 36.4 Å². The van der Waals surface area contributed by atoms with Crippen LogP contribution in [0.1, 0.15) is 34.5 Å². The second kappa shape index (κ2) is 12.2. The maximum absolute atomic E-state index is 12.0. The summed E-state index contributed by atoms with van der Waals surface area (Å²) in [6.07, 6.45) is 0.776. The summed E-state index contributed by atoms with van der Waals surface area (Å²) in [6.45, 7) is 3.11. The number of anilines is 1. The minimum absolute atomic E-state index is 0.201. The maximum Gasteiger partial charge on any atom is 0.338 e. The van der Waals surface area contributed by atoms with Gasteiger partial charge in [-0.1, -0.05) is 17.7 Å². The molecule has 0 aromatic heterocycles. The molecule has 0 aliphatic carbocycles. The van der Waals surface area contributed by atoms with Crippen LogP contribution >= 0.6 is 23.8 Å². The van der Waals surface area contributed by atoms with Crippen LogP contribution in [0, 0.1) is 0 Å². The number of fused-ring (bicyclic) bond motifs is 1. The normalized spacial score (nSPS) is 14.4. The van der Waals surface area contributed by atoms with E-state index >= 15 is 0 Å². The molecule has 7 nitrogen and oxygen atoms in total. The second-order valence-electron chi connectivity index (χ2n) is 8.36. The Labute approximate surface area is 227 Å². The predicted molar refractivity (Wildman–Crippen MR) is 148 cm³/mol. The van der Waals surface area contributed by atoms with Gasteiger partial charge in [0.1, 0.15) is 12.4 Å². The number of ether oxygens (including phenoxy) is 4. The van der Waals surface area contributed by atoms with Gasteiger partial charge in [0.05, 0.1) is 32.4 Å². The Kier molecular flexibility index (Phi) is 8.74. The summed E-state index contributed by atoms with van der Waals surface area (Å²) in [5.74, 6) is 1.60. The van der Waals surface area contributed by atoms with E-state index in [0.717, 1.165) is 23.2 Å². The number of carbonyl (C=O) groups is 1. The SMILES string of the molecule is CCOC(=O)c1ccc(OC[C@H]2c3cc(OC)c(OC)cc3CCN2C(=S)Nc2cccc(Cl)c2)cc1. The number of esters is 1. The molecule has 1 N–H and O–H groups in total. The highest BCUT2D eigenvalue weighted by Crippen LogP contribution is 2.38. The summed E-state index contributed by atoms with van der Waals surface area (Å²) in [6, 6.07) is 18.1. The lowest BCUT2D eigenvalue weighted by atomic mass is 9.92. The van der Waals surface area contributed by atoms with Crippen molar-refractivity contribution in [1.82, 2.24) is 4.90 Å². The van der Waals surface area contributed by atoms with Gasteiger partial charge in [-0.25, -0.2) is 4.79 Å². The van der Waals surface area contributed by atoms with Gasteiger partial charge in [0, 0.05) is 17.3 Å². The van der Waals surface area contributed by atoms with Gasteiger partial charge in [0.25, 0.3) is 0 Å². The van der Waals surface area contributed by atoms with E-state index in [0.29, 0.717) is 52.7 Å². The molecule has 1 aliphatic heterocycles. The highest BCUT2D eigenvalue weighted by molar-refractivity contribution is 7.80. The number of rotatable bonds is 8. The van der Waals surface area contributed by atoms with Crippen LogP contribution in [0.25, 0.3) is 0 Å². The first kappa shape index (κ1) is 26.6. The smallest absolute Gasteiger partial charge is 0.338 e. The van der Waals surface area contributed by atoms with E-state index in [-0.39, 0.29) is 12.0 Å². The third-order valence-corrected chi connectivity index (χ3v) is 6.68. The number of nitrogens with zero attached hydrogens (tertiary/aromatic N) is 1. The van der Waals surface area contributed by atoms with Crippen molar-refractivity contribution >= 4 is 40.6 Å². The van der Waals surface area contributed by atoms with Crippen molar-refractivity contribution in [1.29, 1.82) is 0 Å². The average molecular weight is 541 g/mol. The number of methoxy groups -OCH3 is 2. The molecule has 0 fully saturated rings. The van der Waals surface area contributed by atoms with Crippen molar-refractivity contribution in [2.45, 2.75) is 19.4 Å². The lowest BCUT2D eigenvalue weighted by molar-refractivity contribution is 0.0526. The first-order chi connectivity index (χ1) is 17.9. The van der Waals surface area contributed by atoms with Crippen molar-refractivity contribution < 1.29 is 23.7 Å². The van der Waals surface area contributed by atoms with Crippen LogP contribution in [-0.4, -0.2) is 50.0 Å². The third-order valence-electron chi connectivity index (χ3n) is 6.11. The summed E-state index contributed by atoms with van der Waals surface area (Å²) in [5.41, 5.74) is 3.47. The summed E-state index contributed by atoms with van der Waals surface area (Å²) in [4.78, 5) is 14.1. The molecule has 0 unspecified atom stereocenters. The molecule has 0 spiro atoms. The van der Waals surface area contributed by atoms with Gasteiger partial charge >= 0.3 is 5.97 Å². The summed E-state index contributed by atoms with van der Waals surface area (Å²) in [7, 11) is 3.25. The first-order valence-corrected chi connectivity index (χ1v) is 12.7. The van der Waals surface area contributed by atoms with Gasteiger partial charge < -0.3 is 29.2 Å². The third kappa shape index (κ3) is 6.26. The number of carbonyl (C=O) groups excluding carboxylic acids is 1. The molecule has 1 aliphatic rings. The molecule has 0 saturated carbocycles. The van der Waals surface area contributed by atoms with E-state index < -0.39 is 0 Å². The molecule has 0 bridgehead atoms. The molecule has 194 valence electrons. The van der Waals surface area contributed by atoms with Gasteiger partial charge in [-0.2, -0.15) is 0 Å². The summed E-state index contributed by atoms with van der Waals surface area (Å²) < 4.78 is 22.4. The number of thiocarbonyl (C=S) groups is 1. The van der Waals surface area contributed by atoms with Gasteiger partial charge in [-0.3, -0.25) is 0 Å². The van der Waals surface area contributed by atoms with Gasteiger partial charge in [-0.05, 0) is 91.3 Å². The molecular formula is C28H29ClN2O5S. The lowest BCUT2D eigenvalue weighted by Crippen LogP contribution is -2.44. The molecule has 9 heteroatoms. The number of nitrogens with one attached hydrogen (secondary N) is 1. The first-order valence-electron chi connectivity index (χ1n) is 11.9. The molecule has 0 radical (unpaired) electrons. The predicted octanol–water partition coefficient (Wildman–Crippen LogP) is 5.91. The van der Waals surface area contributed by atoms with Gasteiger partial charge in [-0.15, -0.1) is 0 Å². The fourth-order valence-corrected chi connectivity index (χ4v) is 4.82. The van der Waals surface area contributed by atoms with Gasteiger partial charge in [0.2, 0.25) is 0 Å². The van der Waals surface area contributed by atoms with Crippen LogP contribution in [0.2, 0.25) is 5.02 Å². The number of halogens is 1. The number of hydrogen-bond donors (Lipinski definition) is 1. The minimum Gasteiger partial charge on any atom is -0.493 e. The molecule has 37 heavy (non-hydrogen) atoms. The quantitative estimate of drug-likeness (QED) is 0.279. The van der Waals surface area contributed by atoms with Crippen LogP contribution in [0.4, 0.5) is 5.69 Å². The van der Waals surface area contributed by atoms with Crippen molar-refractivity contribution in [3.05, 3.63) is 82.4 Å². The molecule has 1 heterocycles. The Morgan fingerprint density at radius 2 is 1.81 bits per heavy atom. The zero-order valence-corrected chi connectivity index (χ0v) is 22.5. The standard InChI is InChI=1S/C28H29ClN2O5S/c1-4-35-27(32)18-8-10-22(11-9-18)36-17-24-23-16-26(34-3)25(33-2)14-19(23)12-13-31(24)28(37)30-21-7-5-6-20(29)15-21/h5-11,14-16,24H,4,12-13,17H2,1-3H3,(H,30,37)/t24-/m0/s1. The fourth-order valence-electron chi connectivity index (χ4n) is 4.29. The average Bonchev–Trinajstić information content (AvgIpc) is 2.91. The van der Waals surface area contributed by atoms with Crippen molar-refractivity contribution in [2.75, 3.05) is 39.3 Å². The molecule has 3 aromatic carbocycles. The zero-order chi connectivity index (χ0) is 26.4. The van der Waals surface area contributed by atoms with E-state index in [2.05, 4.69) is 10.2 Å². The Morgan fingerprint density at radius 1 is 1.08 bits per heavy atom. The highest BCUT2D eigenvalue weighted by atomic mass is 35.5. The second-order valence-corrected chi connectivity index (χ2v) is 9.18. The Balaban J connectivity index is 1.60. The van der Waals surface area contributed by atoms with Crippen LogP contribution in [-0.2, 0) is 11.2 Å². The van der Waals surface area contributed by atoms with Crippen LogP contribution < -0.4 is 19.5 Å². The molecular weight excluding hydrogens is 512 g/mol. The van der Waals surface area contributed by atoms with Gasteiger partial charge in [0.15, 0.2) is 16.6 Å². The molecule has 0 saturated heterocycles. The number of benzene rings is 3. The Hall–Kier alpha value is -3.49. The highest BCUT2D eigenvalue weighted by Gasteiger charge is 2.31. The van der Waals surface area contributed by atoms with Crippen LogP contribution in [0.5, 0.6) is 17.2 Å².